The second kappa shape index (κ2) is 11.3. The monoisotopic (exact) mass is 667 g/mol. The Morgan fingerprint density at radius 3 is 1.69 bits per heavy atom. The highest BCUT2D eigenvalue weighted by atomic mass is 16.3. The minimum absolute atomic E-state index is 0.526. The van der Waals surface area contributed by atoms with Crippen LogP contribution < -0.4 is 5.32 Å². The van der Waals surface area contributed by atoms with Gasteiger partial charge in [-0.2, -0.15) is 0 Å². The van der Waals surface area contributed by atoms with Crippen molar-refractivity contribution in [1.82, 2.24) is 5.32 Å². The first kappa shape index (κ1) is 28.8. The molecular weight excluding hydrogens is 639 g/mol. The molecule has 0 saturated carbocycles. The Labute approximate surface area is 298 Å². The molecular formula is C47H29N3O2. The molecule has 1 aliphatic heterocycles. The van der Waals surface area contributed by atoms with Crippen molar-refractivity contribution < 1.29 is 8.83 Å². The number of aliphatic imine (C=N–C) groups is 2. The molecule has 1 N–H and O–H groups in total. The van der Waals surface area contributed by atoms with E-state index in [9.17, 15) is 0 Å². The fraction of sp³-hybridized carbons (Fsp3) is 0.0213. The number of benzene rings is 8. The molecule has 1 aliphatic rings. The van der Waals surface area contributed by atoms with E-state index in [4.69, 9.17) is 18.8 Å². The standard InChI is InChI=1S/C47H29N3O2/c1-3-11-30-25-33(21-19-28(30)9-1)45-48-46(34-22-20-29-10-2-4-12-31(29)26-34)50-47(49-45)37-15-8-18-42-44(37)43-35(14-7-17-41(43)52-42)32-23-24-40-38(27-32)36-13-5-6-16-39(36)51-40/h1-27,47H,(H,48,49,50). The lowest BCUT2D eigenvalue weighted by Crippen LogP contribution is -2.36. The summed E-state index contributed by atoms with van der Waals surface area (Å²) in [6.07, 6.45) is -0.526. The summed E-state index contributed by atoms with van der Waals surface area (Å²) in [6, 6.07) is 56.9. The Morgan fingerprint density at radius 1 is 0.404 bits per heavy atom. The maximum Gasteiger partial charge on any atom is 0.170 e. The predicted octanol–water partition coefficient (Wildman–Crippen LogP) is 12.0. The average molecular weight is 668 g/mol. The van der Waals surface area contributed by atoms with Gasteiger partial charge in [0.05, 0.1) is 0 Å². The summed E-state index contributed by atoms with van der Waals surface area (Å²) in [5.41, 5.74) is 8.55. The Bertz CT molecular complexity index is 3030. The summed E-state index contributed by atoms with van der Waals surface area (Å²) in [4.78, 5) is 10.7. The molecule has 5 heteroatoms. The molecule has 11 rings (SSSR count). The summed E-state index contributed by atoms with van der Waals surface area (Å²) < 4.78 is 12.7. The number of rotatable bonds is 4. The van der Waals surface area contributed by atoms with Crippen LogP contribution in [0.15, 0.2) is 183 Å². The summed E-state index contributed by atoms with van der Waals surface area (Å²) in [6.45, 7) is 0. The lowest BCUT2D eigenvalue weighted by atomic mass is 9.95. The Morgan fingerprint density at radius 2 is 0.962 bits per heavy atom. The first-order valence-electron chi connectivity index (χ1n) is 17.5. The van der Waals surface area contributed by atoms with E-state index < -0.39 is 6.17 Å². The number of fused-ring (bicyclic) bond motifs is 8. The molecule has 5 nitrogen and oxygen atoms in total. The number of furan rings is 2. The molecule has 2 aromatic heterocycles. The van der Waals surface area contributed by atoms with Crippen LogP contribution in [0.2, 0.25) is 0 Å². The third kappa shape index (κ3) is 4.56. The van der Waals surface area contributed by atoms with Crippen molar-refractivity contribution >= 4 is 77.1 Å². The molecule has 0 fully saturated rings. The molecule has 0 amide bonds. The van der Waals surface area contributed by atoms with E-state index >= 15 is 0 Å². The highest BCUT2D eigenvalue weighted by Crippen LogP contribution is 2.42. The van der Waals surface area contributed by atoms with Gasteiger partial charge in [0.15, 0.2) is 6.17 Å². The molecule has 0 unspecified atom stereocenters. The lowest BCUT2D eigenvalue weighted by Gasteiger charge is -2.23. The maximum atomic E-state index is 6.58. The van der Waals surface area contributed by atoms with Crippen LogP contribution in [0.25, 0.3) is 76.5 Å². The first-order valence-corrected chi connectivity index (χ1v) is 17.5. The predicted molar refractivity (Wildman–Crippen MR) is 213 cm³/mol. The van der Waals surface area contributed by atoms with E-state index in [-0.39, 0.29) is 0 Å². The van der Waals surface area contributed by atoms with Crippen LogP contribution >= 0.6 is 0 Å². The van der Waals surface area contributed by atoms with E-state index in [2.05, 4.69) is 139 Å². The molecule has 0 radical (unpaired) electrons. The number of amidine groups is 2. The summed E-state index contributed by atoms with van der Waals surface area (Å²) in [5.74, 6) is 1.55. The van der Waals surface area contributed by atoms with Gasteiger partial charge >= 0.3 is 0 Å². The maximum absolute atomic E-state index is 6.58. The zero-order valence-electron chi connectivity index (χ0n) is 27.9. The number of hydrogen-bond donors (Lipinski definition) is 1. The fourth-order valence-corrected chi connectivity index (χ4v) is 7.80. The summed E-state index contributed by atoms with van der Waals surface area (Å²) in [7, 11) is 0. The van der Waals surface area contributed by atoms with Gasteiger partial charge in [0.2, 0.25) is 0 Å². The molecule has 244 valence electrons. The molecule has 3 heterocycles. The van der Waals surface area contributed by atoms with Crippen molar-refractivity contribution in [3.63, 3.8) is 0 Å². The van der Waals surface area contributed by atoms with Crippen molar-refractivity contribution in [1.29, 1.82) is 0 Å². The Hall–Kier alpha value is -6.98. The highest BCUT2D eigenvalue weighted by molar-refractivity contribution is 6.19. The van der Waals surface area contributed by atoms with Gasteiger partial charge < -0.3 is 14.2 Å². The quantitative estimate of drug-likeness (QED) is 0.203. The molecule has 0 atom stereocenters. The third-order valence-electron chi connectivity index (χ3n) is 10.3. The third-order valence-corrected chi connectivity index (χ3v) is 10.3. The zero-order valence-corrected chi connectivity index (χ0v) is 27.9. The molecule has 0 bridgehead atoms. The number of hydrogen-bond acceptors (Lipinski definition) is 5. The lowest BCUT2D eigenvalue weighted by molar-refractivity contribution is 0.667. The van der Waals surface area contributed by atoms with Crippen LogP contribution in [0.5, 0.6) is 0 Å². The van der Waals surface area contributed by atoms with Crippen LogP contribution in [0.4, 0.5) is 0 Å². The van der Waals surface area contributed by atoms with Gasteiger partial charge in [-0.1, -0.05) is 121 Å². The van der Waals surface area contributed by atoms with Crippen molar-refractivity contribution in [2.75, 3.05) is 0 Å². The minimum atomic E-state index is -0.526. The number of nitrogens with zero attached hydrogens (tertiary/aromatic N) is 2. The average Bonchev–Trinajstić information content (AvgIpc) is 3.78. The van der Waals surface area contributed by atoms with Gasteiger partial charge in [0, 0.05) is 38.2 Å². The van der Waals surface area contributed by atoms with Crippen molar-refractivity contribution in [3.8, 4) is 11.1 Å². The SMILES string of the molecule is c1ccc2cc(C3=NC(c4cccc5oc6cccc(-c7ccc8oc9ccccc9c8c7)c6c45)N=C(c4ccc5ccccc5c4)N3)ccc2c1. The van der Waals surface area contributed by atoms with Gasteiger partial charge in [0.1, 0.15) is 34.0 Å². The first-order chi connectivity index (χ1) is 25.7. The van der Waals surface area contributed by atoms with Gasteiger partial charge in [-0.25, -0.2) is 9.98 Å². The van der Waals surface area contributed by atoms with Gasteiger partial charge in [-0.15, -0.1) is 0 Å². The minimum Gasteiger partial charge on any atom is -0.456 e. The second-order valence-corrected chi connectivity index (χ2v) is 13.4. The van der Waals surface area contributed by atoms with Crippen LogP contribution in [0, 0.1) is 0 Å². The molecule has 0 spiro atoms. The van der Waals surface area contributed by atoms with Crippen molar-refractivity contribution in [2.24, 2.45) is 9.98 Å². The highest BCUT2D eigenvalue weighted by Gasteiger charge is 2.25. The molecule has 10 aromatic rings. The summed E-state index contributed by atoms with van der Waals surface area (Å²) >= 11 is 0. The molecule has 8 aromatic carbocycles. The van der Waals surface area contributed by atoms with Gasteiger partial charge in [-0.05, 0) is 75.1 Å². The molecule has 0 aliphatic carbocycles. The number of nitrogens with one attached hydrogen (secondary N) is 1. The van der Waals surface area contributed by atoms with Gasteiger partial charge in [-0.3, -0.25) is 0 Å². The van der Waals surface area contributed by atoms with E-state index in [0.29, 0.717) is 0 Å². The van der Waals surface area contributed by atoms with Crippen molar-refractivity contribution in [3.05, 3.63) is 180 Å². The fourth-order valence-electron chi connectivity index (χ4n) is 7.80. The Balaban J connectivity index is 1.13. The number of para-hydroxylation sites is 1. The molecule has 52 heavy (non-hydrogen) atoms. The van der Waals surface area contributed by atoms with E-state index in [0.717, 1.165) is 94.1 Å². The van der Waals surface area contributed by atoms with Crippen LogP contribution in [0.3, 0.4) is 0 Å². The normalized spacial score (nSPS) is 13.7. The second-order valence-electron chi connectivity index (χ2n) is 13.4. The van der Waals surface area contributed by atoms with Crippen molar-refractivity contribution in [2.45, 2.75) is 6.17 Å². The van der Waals surface area contributed by atoms with E-state index in [1.54, 1.807) is 0 Å². The molecule has 0 saturated heterocycles. The topological polar surface area (TPSA) is 63.0 Å². The Kier molecular flexibility index (Phi) is 6.25. The summed E-state index contributed by atoms with van der Waals surface area (Å²) in [5, 5.41) is 12.6. The van der Waals surface area contributed by atoms with E-state index in [1.807, 2.05) is 30.3 Å². The van der Waals surface area contributed by atoms with Crippen LogP contribution in [-0.4, -0.2) is 11.7 Å². The van der Waals surface area contributed by atoms with Gasteiger partial charge in [0.25, 0.3) is 0 Å². The van der Waals surface area contributed by atoms with Crippen LogP contribution in [0.1, 0.15) is 22.9 Å². The zero-order chi connectivity index (χ0) is 34.2. The van der Waals surface area contributed by atoms with E-state index in [1.165, 1.54) is 10.8 Å². The van der Waals surface area contributed by atoms with Crippen LogP contribution in [-0.2, 0) is 0 Å². The largest absolute Gasteiger partial charge is 0.456 e. The smallest absolute Gasteiger partial charge is 0.170 e.